The third-order valence-electron chi connectivity index (χ3n) is 3.84. The van der Waals surface area contributed by atoms with Gasteiger partial charge in [-0.3, -0.25) is 14.3 Å². The zero-order valence-electron chi connectivity index (χ0n) is 12.9. The van der Waals surface area contributed by atoms with Gasteiger partial charge in [0.2, 0.25) is 0 Å². The first-order valence-electron chi connectivity index (χ1n) is 7.38. The second kappa shape index (κ2) is 6.04. The number of rotatable bonds is 4. The fourth-order valence-corrected chi connectivity index (χ4v) is 2.63. The molecule has 3 aromatic rings. The Kier molecular flexibility index (Phi) is 3.92. The van der Waals surface area contributed by atoms with Crippen LogP contribution in [0, 0.1) is 0 Å². The molecule has 0 radical (unpaired) electrons. The monoisotopic (exact) mass is 311 g/mol. The van der Waals surface area contributed by atoms with Crippen molar-refractivity contribution in [2.75, 3.05) is 0 Å². The van der Waals surface area contributed by atoms with Gasteiger partial charge in [0.25, 0.3) is 11.5 Å². The van der Waals surface area contributed by atoms with Crippen molar-refractivity contribution in [3.63, 3.8) is 0 Å². The number of aryl methyl sites for hydroxylation is 1. The van der Waals surface area contributed by atoms with Crippen molar-refractivity contribution < 1.29 is 4.79 Å². The molecule has 2 heterocycles. The van der Waals surface area contributed by atoms with Crippen LogP contribution in [0.2, 0.25) is 0 Å². The molecule has 1 unspecified atom stereocenters. The highest BCUT2D eigenvalue weighted by molar-refractivity contribution is 6.04. The summed E-state index contributed by atoms with van der Waals surface area (Å²) >= 11 is 0. The van der Waals surface area contributed by atoms with Crippen molar-refractivity contribution in [2.24, 2.45) is 7.05 Å². The molecule has 2 N–H and O–H groups in total. The van der Waals surface area contributed by atoms with E-state index in [4.69, 9.17) is 0 Å². The molecule has 0 aliphatic carbocycles. The van der Waals surface area contributed by atoms with E-state index in [1.807, 2.05) is 20.0 Å². The number of nitrogens with one attached hydrogen (secondary N) is 2. The van der Waals surface area contributed by atoms with Crippen molar-refractivity contribution >= 4 is 16.7 Å². The zero-order valence-corrected chi connectivity index (χ0v) is 12.9. The molecule has 1 atom stereocenters. The van der Waals surface area contributed by atoms with E-state index < -0.39 is 0 Å². The smallest absolute Gasteiger partial charge is 0.272 e. The van der Waals surface area contributed by atoms with Crippen LogP contribution in [0.1, 0.15) is 35.6 Å². The fraction of sp³-hybridized carbons (Fsp3) is 0.250. The summed E-state index contributed by atoms with van der Waals surface area (Å²) < 4.78 is 1.73. The van der Waals surface area contributed by atoms with E-state index in [1.54, 1.807) is 35.1 Å². The minimum atomic E-state index is -0.328. The molecule has 1 amide bonds. The molecular formula is C16H17N5O2. The van der Waals surface area contributed by atoms with Gasteiger partial charge in [0.15, 0.2) is 5.69 Å². The van der Waals surface area contributed by atoms with Crippen LogP contribution in [0.4, 0.5) is 0 Å². The number of H-pyrrole nitrogens is 1. The molecule has 0 aliphatic heterocycles. The van der Waals surface area contributed by atoms with E-state index in [9.17, 15) is 9.59 Å². The summed E-state index contributed by atoms with van der Waals surface area (Å²) in [5, 5.41) is 14.4. The van der Waals surface area contributed by atoms with Crippen molar-refractivity contribution in [2.45, 2.75) is 19.4 Å². The van der Waals surface area contributed by atoms with Crippen LogP contribution >= 0.6 is 0 Å². The highest BCUT2D eigenvalue weighted by Gasteiger charge is 2.20. The summed E-state index contributed by atoms with van der Waals surface area (Å²) in [4.78, 5) is 24.4. The molecule has 0 saturated heterocycles. The maximum atomic E-state index is 12.6. The standard InChI is InChI=1S/C16H17N5O2/c1-3-12(13-8-9-17-21(13)2)18-16(23)14-10-6-4-5-7-11(10)15(22)20-19-14/h4-9,12H,3H2,1-2H3,(H,18,23)(H,20,22). The highest BCUT2D eigenvalue weighted by atomic mass is 16.2. The Balaban J connectivity index is 1.96. The summed E-state index contributed by atoms with van der Waals surface area (Å²) in [5.41, 5.74) is 0.811. The first-order chi connectivity index (χ1) is 11.1. The first-order valence-corrected chi connectivity index (χ1v) is 7.38. The van der Waals surface area contributed by atoms with E-state index in [1.165, 1.54) is 0 Å². The van der Waals surface area contributed by atoms with Crippen LogP contribution in [0.15, 0.2) is 41.3 Å². The van der Waals surface area contributed by atoms with Crippen LogP contribution < -0.4 is 10.9 Å². The Morgan fingerprint density at radius 3 is 2.70 bits per heavy atom. The van der Waals surface area contributed by atoms with E-state index >= 15 is 0 Å². The molecule has 0 saturated carbocycles. The van der Waals surface area contributed by atoms with Gasteiger partial charge in [0.1, 0.15) is 0 Å². The molecule has 3 rings (SSSR count). The zero-order chi connectivity index (χ0) is 16.4. The third-order valence-corrected chi connectivity index (χ3v) is 3.84. The predicted molar refractivity (Wildman–Crippen MR) is 86.1 cm³/mol. The van der Waals surface area contributed by atoms with Gasteiger partial charge >= 0.3 is 0 Å². The Morgan fingerprint density at radius 1 is 1.30 bits per heavy atom. The van der Waals surface area contributed by atoms with Gasteiger partial charge in [-0.15, -0.1) is 0 Å². The molecule has 23 heavy (non-hydrogen) atoms. The Bertz CT molecular complexity index is 912. The maximum absolute atomic E-state index is 12.6. The number of nitrogens with zero attached hydrogens (tertiary/aromatic N) is 3. The average Bonchev–Trinajstić information content (AvgIpc) is 2.99. The molecule has 7 heteroatoms. The normalized spacial score (nSPS) is 12.3. The molecule has 7 nitrogen and oxygen atoms in total. The quantitative estimate of drug-likeness (QED) is 0.764. The number of hydrogen-bond acceptors (Lipinski definition) is 4. The van der Waals surface area contributed by atoms with Crippen LogP contribution in [-0.2, 0) is 7.05 Å². The summed E-state index contributed by atoms with van der Waals surface area (Å²) in [6.45, 7) is 1.98. The molecule has 1 aromatic carbocycles. The number of fused-ring (bicyclic) bond motifs is 1. The van der Waals surface area contributed by atoms with Gasteiger partial charge in [0, 0.05) is 18.6 Å². The van der Waals surface area contributed by atoms with E-state index in [0.29, 0.717) is 17.2 Å². The van der Waals surface area contributed by atoms with Crippen molar-refractivity contribution in [1.29, 1.82) is 0 Å². The fourth-order valence-electron chi connectivity index (χ4n) is 2.63. The second-order valence-corrected chi connectivity index (χ2v) is 5.26. The lowest BCUT2D eigenvalue weighted by atomic mass is 10.1. The molecule has 0 bridgehead atoms. The molecule has 0 spiro atoms. The predicted octanol–water partition coefficient (Wildman–Crippen LogP) is 1.54. The molecule has 2 aromatic heterocycles. The van der Waals surface area contributed by atoms with E-state index in [0.717, 1.165) is 5.69 Å². The van der Waals surface area contributed by atoms with Crippen LogP contribution in [0.3, 0.4) is 0 Å². The number of aromatic nitrogens is 4. The summed E-state index contributed by atoms with van der Waals surface area (Å²) in [7, 11) is 1.83. The van der Waals surface area contributed by atoms with Gasteiger partial charge in [-0.1, -0.05) is 25.1 Å². The van der Waals surface area contributed by atoms with E-state index in [-0.39, 0.29) is 23.2 Å². The number of hydrogen-bond donors (Lipinski definition) is 2. The van der Waals surface area contributed by atoms with Crippen molar-refractivity contribution in [3.8, 4) is 0 Å². The van der Waals surface area contributed by atoms with Gasteiger partial charge in [-0.05, 0) is 18.6 Å². The Hall–Kier alpha value is -2.96. The SMILES string of the molecule is CCC(NC(=O)c1n[nH]c(=O)c2ccccc12)c1ccnn1C. The lowest BCUT2D eigenvalue weighted by Crippen LogP contribution is -2.31. The minimum Gasteiger partial charge on any atom is -0.342 e. The number of aromatic amines is 1. The highest BCUT2D eigenvalue weighted by Crippen LogP contribution is 2.18. The molecule has 118 valence electrons. The number of amides is 1. The number of carbonyl (C=O) groups is 1. The average molecular weight is 311 g/mol. The van der Waals surface area contributed by atoms with Crippen LogP contribution in [0.25, 0.3) is 10.8 Å². The molecular weight excluding hydrogens is 294 g/mol. The number of benzene rings is 1. The topological polar surface area (TPSA) is 92.7 Å². The Labute approximate surface area is 132 Å². The summed E-state index contributed by atoms with van der Waals surface area (Å²) in [5.74, 6) is -0.328. The lowest BCUT2D eigenvalue weighted by molar-refractivity contribution is 0.0929. The molecule has 0 fully saturated rings. The van der Waals surface area contributed by atoms with Crippen molar-refractivity contribution in [3.05, 3.63) is 58.3 Å². The third kappa shape index (κ3) is 2.73. The van der Waals surface area contributed by atoms with Gasteiger partial charge in [0.05, 0.1) is 17.1 Å². The molecule has 0 aliphatic rings. The maximum Gasteiger partial charge on any atom is 0.272 e. The van der Waals surface area contributed by atoms with Gasteiger partial charge in [-0.25, -0.2) is 5.10 Å². The second-order valence-electron chi connectivity index (χ2n) is 5.26. The largest absolute Gasteiger partial charge is 0.342 e. The number of carbonyl (C=O) groups excluding carboxylic acids is 1. The summed E-state index contributed by atoms with van der Waals surface area (Å²) in [6.07, 6.45) is 2.41. The van der Waals surface area contributed by atoms with Gasteiger partial charge < -0.3 is 5.32 Å². The van der Waals surface area contributed by atoms with Gasteiger partial charge in [-0.2, -0.15) is 10.2 Å². The minimum absolute atomic E-state index is 0.178. The first kappa shape index (κ1) is 15.0. The van der Waals surface area contributed by atoms with Crippen LogP contribution in [0.5, 0.6) is 0 Å². The van der Waals surface area contributed by atoms with Crippen LogP contribution in [-0.4, -0.2) is 25.9 Å². The van der Waals surface area contributed by atoms with E-state index in [2.05, 4.69) is 20.6 Å². The Morgan fingerprint density at radius 2 is 2.04 bits per heavy atom. The van der Waals surface area contributed by atoms with Crippen molar-refractivity contribution in [1.82, 2.24) is 25.3 Å². The summed E-state index contributed by atoms with van der Waals surface area (Å²) in [6, 6.07) is 8.61. The lowest BCUT2D eigenvalue weighted by Gasteiger charge is -2.17.